The lowest BCUT2D eigenvalue weighted by atomic mass is 9.81. The number of hydrogen-bond acceptors (Lipinski definition) is 4. The Labute approximate surface area is 130 Å². The van der Waals surface area contributed by atoms with Gasteiger partial charge >= 0.3 is 0 Å². The lowest BCUT2D eigenvalue weighted by molar-refractivity contribution is 0.389. The molecule has 0 radical (unpaired) electrons. The summed E-state index contributed by atoms with van der Waals surface area (Å²) < 4.78 is 2.09. The fraction of sp³-hybridized carbons (Fsp3) is 0.562. The summed E-state index contributed by atoms with van der Waals surface area (Å²) in [6.45, 7) is 5.10. The minimum absolute atomic E-state index is 0.278. The Hall–Kier alpha value is -1.17. The normalized spacial score (nSPS) is 19.5. The number of nitrogens with two attached hydrogens (primary N) is 1. The molecule has 2 heterocycles. The lowest BCUT2D eigenvalue weighted by Crippen LogP contribution is -2.42. The maximum atomic E-state index is 5.90. The average Bonchev–Trinajstić information content (AvgIpc) is 3.10. The molecular formula is C16H24N4S. The Morgan fingerprint density at radius 2 is 2.43 bits per heavy atom. The first-order valence-electron chi connectivity index (χ1n) is 7.78. The monoisotopic (exact) mass is 304 g/mol. The van der Waals surface area contributed by atoms with Crippen molar-refractivity contribution in [1.82, 2.24) is 15.2 Å². The first-order valence-corrected chi connectivity index (χ1v) is 8.66. The fourth-order valence-corrected chi connectivity index (χ4v) is 4.52. The molecule has 2 aromatic rings. The first kappa shape index (κ1) is 14.8. The second kappa shape index (κ2) is 6.30. The van der Waals surface area contributed by atoms with Crippen molar-refractivity contribution in [3.63, 3.8) is 0 Å². The minimum Gasteiger partial charge on any atom is -0.271 e. The smallest absolute Gasteiger partial charge is 0.0596 e. The molecule has 3 N–H and O–H groups in total. The maximum Gasteiger partial charge on any atom is 0.0596 e. The number of aryl methyl sites for hydroxylation is 3. The van der Waals surface area contributed by atoms with Crippen molar-refractivity contribution < 1.29 is 0 Å². The van der Waals surface area contributed by atoms with E-state index in [0.717, 1.165) is 18.7 Å². The molecule has 0 aromatic carbocycles. The van der Waals surface area contributed by atoms with E-state index in [1.165, 1.54) is 30.5 Å². The molecule has 0 saturated heterocycles. The van der Waals surface area contributed by atoms with Crippen LogP contribution in [-0.4, -0.2) is 15.8 Å². The standard InChI is InChI=1S/C16H24N4S/c1-3-20-12(9-11(2)19-20)10-15(18-17)13-5-4-6-16-14(13)7-8-21-16/h7-9,13,15,18H,3-6,10,17H2,1-2H3. The van der Waals surface area contributed by atoms with E-state index in [4.69, 9.17) is 5.84 Å². The Morgan fingerprint density at radius 3 is 3.19 bits per heavy atom. The fourth-order valence-electron chi connectivity index (χ4n) is 3.52. The first-order chi connectivity index (χ1) is 10.2. The highest BCUT2D eigenvalue weighted by Gasteiger charge is 2.29. The van der Waals surface area contributed by atoms with Crippen molar-refractivity contribution in [2.24, 2.45) is 5.84 Å². The van der Waals surface area contributed by atoms with Crippen LogP contribution in [0.5, 0.6) is 0 Å². The van der Waals surface area contributed by atoms with Crippen molar-refractivity contribution >= 4 is 11.3 Å². The SMILES string of the molecule is CCn1nc(C)cc1CC(NN)C1CCCc2sccc21. The van der Waals surface area contributed by atoms with Gasteiger partial charge in [-0.05, 0) is 56.2 Å². The summed E-state index contributed by atoms with van der Waals surface area (Å²) in [5, 5.41) is 6.77. The summed E-state index contributed by atoms with van der Waals surface area (Å²) >= 11 is 1.89. The molecule has 4 nitrogen and oxygen atoms in total. The zero-order chi connectivity index (χ0) is 14.8. The molecule has 3 rings (SSSR count). The molecule has 0 bridgehead atoms. The largest absolute Gasteiger partial charge is 0.271 e. The third-order valence-corrected chi connectivity index (χ3v) is 5.51. The van der Waals surface area contributed by atoms with Crippen LogP contribution >= 0.6 is 11.3 Å². The molecule has 1 aliphatic carbocycles. The zero-order valence-electron chi connectivity index (χ0n) is 12.8. The number of aromatic nitrogens is 2. The Kier molecular flexibility index (Phi) is 4.42. The van der Waals surface area contributed by atoms with Gasteiger partial charge in [0.2, 0.25) is 0 Å². The highest BCUT2D eigenvalue weighted by Crippen LogP contribution is 2.37. The molecule has 0 fully saturated rings. The van der Waals surface area contributed by atoms with Crippen LogP contribution < -0.4 is 11.3 Å². The van der Waals surface area contributed by atoms with Gasteiger partial charge < -0.3 is 0 Å². The van der Waals surface area contributed by atoms with E-state index in [1.54, 1.807) is 4.88 Å². The van der Waals surface area contributed by atoms with Gasteiger partial charge in [0.05, 0.1) is 5.69 Å². The molecule has 1 aliphatic rings. The maximum absolute atomic E-state index is 5.90. The summed E-state index contributed by atoms with van der Waals surface area (Å²) in [5.41, 5.74) is 6.95. The number of thiophene rings is 1. The van der Waals surface area contributed by atoms with Crippen molar-refractivity contribution in [3.8, 4) is 0 Å². The second-order valence-electron chi connectivity index (χ2n) is 5.87. The van der Waals surface area contributed by atoms with E-state index in [-0.39, 0.29) is 6.04 Å². The minimum atomic E-state index is 0.278. The Bertz CT molecular complexity index is 601. The van der Waals surface area contributed by atoms with Gasteiger partial charge in [0.1, 0.15) is 0 Å². The van der Waals surface area contributed by atoms with Crippen molar-refractivity contribution in [3.05, 3.63) is 39.3 Å². The number of nitrogens with zero attached hydrogens (tertiary/aromatic N) is 2. The van der Waals surface area contributed by atoms with Crippen LogP contribution in [0, 0.1) is 6.92 Å². The van der Waals surface area contributed by atoms with Gasteiger partial charge in [-0.25, -0.2) is 0 Å². The Morgan fingerprint density at radius 1 is 1.57 bits per heavy atom. The zero-order valence-corrected chi connectivity index (χ0v) is 13.6. The molecule has 114 valence electrons. The van der Waals surface area contributed by atoms with E-state index >= 15 is 0 Å². The van der Waals surface area contributed by atoms with E-state index in [1.807, 2.05) is 11.3 Å². The summed E-state index contributed by atoms with van der Waals surface area (Å²) in [4.78, 5) is 1.55. The van der Waals surface area contributed by atoms with Crippen LogP contribution in [0.1, 0.15) is 47.5 Å². The molecule has 2 atom stereocenters. The van der Waals surface area contributed by atoms with Crippen LogP contribution in [0.4, 0.5) is 0 Å². The van der Waals surface area contributed by atoms with Crippen molar-refractivity contribution in [1.29, 1.82) is 0 Å². The molecular weight excluding hydrogens is 280 g/mol. The predicted octanol–water partition coefficient (Wildman–Crippen LogP) is 2.77. The van der Waals surface area contributed by atoms with Gasteiger partial charge in [0.25, 0.3) is 0 Å². The third kappa shape index (κ3) is 2.91. The summed E-state index contributed by atoms with van der Waals surface area (Å²) in [6.07, 6.45) is 4.65. The molecule has 5 heteroatoms. The van der Waals surface area contributed by atoms with Gasteiger partial charge in [-0.15, -0.1) is 11.3 Å². The van der Waals surface area contributed by atoms with Gasteiger partial charge in [0, 0.05) is 35.5 Å². The molecule has 0 spiro atoms. The summed E-state index contributed by atoms with van der Waals surface area (Å²) in [5.74, 6) is 6.42. The molecule has 0 amide bonds. The van der Waals surface area contributed by atoms with Gasteiger partial charge in [-0.2, -0.15) is 5.10 Å². The highest BCUT2D eigenvalue weighted by atomic mass is 32.1. The summed E-state index contributed by atoms with van der Waals surface area (Å²) in [6, 6.07) is 4.75. The molecule has 21 heavy (non-hydrogen) atoms. The number of nitrogens with one attached hydrogen (secondary N) is 1. The van der Waals surface area contributed by atoms with Crippen molar-refractivity contribution in [2.45, 2.75) is 58.0 Å². The van der Waals surface area contributed by atoms with E-state index in [0.29, 0.717) is 5.92 Å². The van der Waals surface area contributed by atoms with Crippen molar-refractivity contribution in [2.75, 3.05) is 0 Å². The van der Waals surface area contributed by atoms with Crippen LogP contribution in [-0.2, 0) is 19.4 Å². The van der Waals surface area contributed by atoms with Crippen LogP contribution in [0.3, 0.4) is 0 Å². The highest BCUT2D eigenvalue weighted by molar-refractivity contribution is 7.10. The van der Waals surface area contributed by atoms with Gasteiger partial charge in [0.15, 0.2) is 0 Å². The van der Waals surface area contributed by atoms with E-state index in [9.17, 15) is 0 Å². The van der Waals surface area contributed by atoms with E-state index in [2.05, 4.69) is 46.6 Å². The quantitative estimate of drug-likeness (QED) is 0.660. The lowest BCUT2D eigenvalue weighted by Gasteiger charge is -2.30. The molecule has 2 aromatic heterocycles. The molecule has 0 saturated carbocycles. The topological polar surface area (TPSA) is 55.9 Å². The van der Waals surface area contributed by atoms with Crippen LogP contribution in [0.25, 0.3) is 0 Å². The van der Waals surface area contributed by atoms with E-state index < -0.39 is 0 Å². The number of hydrogen-bond donors (Lipinski definition) is 2. The number of fused-ring (bicyclic) bond motifs is 1. The third-order valence-electron chi connectivity index (χ3n) is 4.51. The predicted molar refractivity (Wildman–Crippen MR) is 87.5 cm³/mol. The number of rotatable bonds is 5. The van der Waals surface area contributed by atoms with Gasteiger partial charge in [-0.1, -0.05) is 0 Å². The average molecular weight is 304 g/mol. The number of hydrazine groups is 1. The second-order valence-corrected chi connectivity index (χ2v) is 6.87. The molecule has 2 unspecified atom stereocenters. The van der Waals surface area contributed by atoms with Gasteiger partial charge in [-0.3, -0.25) is 16.0 Å². The van der Waals surface area contributed by atoms with Crippen LogP contribution in [0.2, 0.25) is 0 Å². The van der Waals surface area contributed by atoms with Crippen LogP contribution in [0.15, 0.2) is 17.5 Å². The molecule has 0 aliphatic heterocycles. The summed E-state index contributed by atoms with van der Waals surface area (Å²) in [7, 11) is 0. The Balaban J connectivity index is 1.83.